The maximum atomic E-state index is 12.5. The molecule has 1 aliphatic heterocycles. The fourth-order valence-corrected chi connectivity index (χ4v) is 2.83. The standard InChI is InChI=1S/C15H15ClN4O3/c1-9-17-13(14(21)19-8-2-3-12(19)15(22)23)18-20(9)11-6-4-10(16)5-7-11/h4-7,12H,2-3,8H2,1H3,(H,22,23)/t12-/m0/s1. The number of likely N-dealkylation sites (tertiary alicyclic amines) is 1. The van der Waals surface area contributed by atoms with Crippen LogP contribution in [0.1, 0.15) is 29.3 Å². The van der Waals surface area contributed by atoms with Crippen LogP contribution in [0.3, 0.4) is 0 Å². The first-order valence-electron chi connectivity index (χ1n) is 7.21. The highest BCUT2D eigenvalue weighted by Crippen LogP contribution is 2.20. The normalized spacial score (nSPS) is 17.5. The van der Waals surface area contributed by atoms with E-state index < -0.39 is 17.9 Å². The first-order valence-corrected chi connectivity index (χ1v) is 7.58. The molecule has 1 aliphatic rings. The highest BCUT2D eigenvalue weighted by Gasteiger charge is 2.36. The average Bonchev–Trinajstić information content (AvgIpc) is 3.14. The van der Waals surface area contributed by atoms with Crippen molar-refractivity contribution in [2.45, 2.75) is 25.8 Å². The molecule has 2 aromatic rings. The smallest absolute Gasteiger partial charge is 0.326 e. The molecule has 8 heteroatoms. The average molecular weight is 335 g/mol. The van der Waals surface area contributed by atoms with Crippen molar-refractivity contribution >= 4 is 23.5 Å². The largest absolute Gasteiger partial charge is 0.480 e. The zero-order chi connectivity index (χ0) is 16.6. The van der Waals surface area contributed by atoms with E-state index in [-0.39, 0.29) is 5.82 Å². The third-order valence-corrected chi connectivity index (χ3v) is 4.08. The number of carbonyl (C=O) groups excluding carboxylic acids is 1. The molecule has 0 spiro atoms. The summed E-state index contributed by atoms with van der Waals surface area (Å²) in [5, 5.41) is 14.0. The predicted octanol–water partition coefficient (Wildman–Crippen LogP) is 1.92. The molecular weight excluding hydrogens is 320 g/mol. The molecule has 1 amide bonds. The van der Waals surface area contributed by atoms with Crippen LogP contribution in [0, 0.1) is 6.92 Å². The number of aryl methyl sites for hydroxylation is 1. The van der Waals surface area contributed by atoms with Crippen LogP contribution in [0.25, 0.3) is 5.69 Å². The Morgan fingerprint density at radius 2 is 2.00 bits per heavy atom. The van der Waals surface area contributed by atoms with E-state index in [0.29, 0.717) is 30.2 Å². The van der Waals surface area contributed by atoms with Crippen molar-refractivity contribution in [1.82, 2.24) is 19.7 Å². The lowest BCUT2D eigenvalue weighted by Gasteiger charge is -2.19. The van der Waals surface area contributed by atoms with Gasteiger partial charge < -0.3 is 10.0 Å². The number of benzene rings is 1. The predicted molar refractivity (Wildman–Crippen MR) is 82.8 cm³/mol. The quantitative estimate of drug-likeness (QED) is 0.926. The van der Waals surface area contributed by atoms with E-state index in [1.165, 1.54) is 9.58 Å². The van der Waals surface area contributed by atoms with Crippen molar-refractivity contribution < 1.29 is 14.7 Å². The Balaban J connectivity index is 1.90. The fourth-order valence-electron chi connectivity index (χ4n) is 2.70. The van der Waals surface area contributed by atoms with E-state index >= 15 is 0 Å². The van der Waals surface area contributed by atoms with Crippen molar-refractivity contribution in [3.05, 3.63) is 40.9 Å². The van der Waals surface area contributed by atoms with E-state index in [9.17, 15) is 14.7 Å². The summed E-state index contributed by atoms with van der Waals surface area (Å²) in [6.45, 7) is 2.14. The number of carboxylic acid groups (broad SMARTS) is 1. The topological polar surface area (TPSA) is 88.3 Å². The van der Waals surface area contributed by atoms with Gasteiger partial charge in [0.25, 0.3) is 5.91 Å². The molecule has 0 saturated carbocycles. The van der Waals surface area contributed by atoms with E-state index in [1.807, 2.05) is 0 Å². The Labute approximate surface area is 137 Å². The van der Waals surface area contributed by atoms with Crippen LogP contribution in [0.2, 0.25) is 5.02 Å². The molecule has 0 unspecified atom stereocenters. The third-order valence-electron chi connectivity index (χ3n) is 3.83. The van der Waals surface area contributed by atoms with E-state index in [2.05, 4.69) is 10.1 Å². The van der Waals surface area contributed by atoms with Crippen LogP contribution >= 0.6 is 11.6 Å². The summed E-state index contributed by atoms with van der Waals surface area (Å²) in [6.07, 6.45) is 1.12. The molecule has 1 N–H and O–H groups in total. The first kappa shape index (κ1) is 15.5. The minimum atomic E-state index is -0.996. The summed E-state index contributed by atoms with van der Waals surface area (Å²) in [5.74, 6) is -0.900. The molecular formula is C15H15ClN4O3. The monoisotopic (exact) mass is 334 g/mol. The number of halogens is 1. The number of hydrogen-bond donors (Lipinski definition) is 1. The van der Waals surface area contributed by atoms with Gasteiger partial charge in [0.15, 0.2) is 0 Å². The second-order valence-electron chi connectivity index (χ2n) is 5.37. The zero-order valence-electron chi connectivity index (χ0n) is 12.4. The van der Waals surface area contributed by atoms with Crippen LogP contribution in [0.4, 0.5) is 0 Å². The molecule has 1 saturated heterocycles. The Morgan fingerprint density at radius 3 is 2.65 bits per heavy atom. The van der Waals surface area contributed by atoms with Crippen LogP contribution in [0.5, 0.6) is 0 Å². The lowest BCUT2D eigenvalue weighted by molar-refractivity contribution is -0.141. The maximum absolute atomic E-state index is 12.5. The fraction of sp³-hybridized carbons (Fsp3) is 0.333. The highest BCUT2D eigenvalue weighted by molar-refractivity contribution is 6.30. The zero-order valence-corrected chi connectivity index (χ0v) is 13.2. The van der Waals surface area contributed by atoms with Gasteiger partial charge >= 0.3 is 5.97 Å². The van der Waals surface area contributed by atoms with Gasteiger partial charge in [0.1, 0.15) is 11.9 Å². The van der Waals surface area contributed by atoms with E-state index in [4.69, 9.17) is 11.6 Å². The molecule has 1 aromatic heterocycles. The SMILES string of the molecule is Cc1nc(C(=O)N2CCC[C@H]2C(=O)O)nn1-c1ccc(Cl)cc1. The number of rotatable bonds is 3. The lowest BCUT2D eigenvalue weighted by Crippen LogP contribution is -2.40. The van der Waals surface area contributed by atoms with Crippen LogP contribution in [-0.2, 0) is 4.79 Å². The summed E-state index contributed by atoms with van der Waals surface area (Å²) >= 11 is 5.86. The van der Waals surface area contributed by atoms with Gasteiger partial charge in [-0.05, 0) is 44.0 Å². The molecule has 3 rings (SSSR count). The van der Waals surface area contributed by atoms with Gasteiger partial charge in [-0.2, -0.15) is 0 Å². The van der Waals surface area contributed by atoms with Gasteiger partial charge in [-0.15, -0.1) is 5.10 Å². The maximum Gasteiger partial charge on any atom is 0.326 e. The van der Waals surface area contributed by atoms with Gasteiger partial charge in [-0.3, -0.25) is 4.79 Å². The minimum absolute atomic E-state index is 0.00519. The van der Waals surface area contributed by atoms with Gasteiger partial charge in [0.05, 0.1) is 5.69 Å². The van der Waals surface area contributed by atoms with Crippen molar-refractivity contribution in [2.24, 2.45) is 0 Å². The molecule has 0 radical (unpaired) electrons. The molecule has 0 bridgehead atoms. The number of aromatic nitrogens is 3. The summed E-state index contributed by atoms with van der Waals surface area (Å²) in [4.78, 5) is 29.2. The number of aliphatic carboxylic acids is 1. The number of amides is 1. The Kier molecular flexibility index (Phi) is 4.04. The molecule has 23 heavy (non-hydrogen) atoms. The highest BCUT2D eigenvalue weighted by atomic mass is 35.5. The molecule has 1 fully saturated rings. The Morgan fingerprint density at radius 1 is 1.30 bits per heavy atom. The van der Waals surface area contributed by atoms with Crippen molar-refractivity contribution in [1.29, 1.82) is 0 Å². The lowest BCUT2D eigenvalue weighted by atomic mass is 10.2. The van der Waals surface area contributed by atoms with Gasteiger partial charge in [0.2, 0.25) is 5.82 Å². The second kappa shape index (κ2) is 6.00. The van der Waals surface area contributed by atoms with Crippen LogP contribution in [0.15, 0.2) is 24.3 Å². The van der Waals surface area contributed by atoms with Gasteiger partial charge in [-0.25, -0.2) is 14.5 Å². The van der Waals surface area contributed by atoms with Crippen molar-refractivity contribution in [2.75, 3.05) is 6.54 Å². The minimum Gasteiger partial charge on any atom is -0.480 e. The molecule has 2 heterocycles. The van der Waals surface area contributed by atoms with Crippen molar-refractivity contribution in [3.63, 3.8) is 0 Å². The molecule has 7 nitrogen and oxygen atoms in total. The summed E-state index contributed by atoms with van der Waals surface area (Å²) in [6, 6.07) is 6.19. The molecule has 1 atom stereocenters. The number of nitrogens with zero attached hydrogens (tertiary/aromatic N) is 4. The first-order chi connectivity index (χ1) is 11.0. The van der Waals surface area contributed by atoms with Crippen LogP contribution in [-0.4, -0.2) is 49.2 Å². The van der Waals surface area contributed by atoms with Crippen LogP contribution < -0.4 is 0 Å². The van der Waals surface area contributed by atoms with Gasteiger partial charge in [-0.1, -0.05) is 11.6 Å². The Hall–Kier alpha value is -2.41. The van der Waals surface area contributed by atoms with Crippen molar-refractivity contribution in [3.8, 4) is 5.69 Å². The summed E-state index contributed by atoms with van der Waals surface area (Å²) in [5.41, 5.74) is 0.731. The summed E-state index contributed by atoms with van der Waals surface area (Å²) < 4.78 is 1.54. The second-order valence-corrected chi connectivity index (χ2v) is 5.80. The molecule has 1 aromatic carbocycles. The van der Waals surface area contributed by atoms with E-state index in [0.717, 1.165) is 5.69 Å². The van der Waals surface area contributed by atoms with Gasteiger partial charge in [0, 0.05) is 11.6 Å². The number of carbonyl (C=O) groups is 2. The summed E-state index contributed by atoms with van der Waals surface area (Å²) in [7, 11) is 0. The molecule has 0 aliphatic carbocycles. The Bertz CT molecular complexity index is 757. The number of carboxylic acids is 1. The third kappa shape index (κ3) is 2.92. The van der Waals surface area contributed by atoms with E-state index in [1.54, 1.807) is 31.2 Å². The molecule has 120 valence electrons. The number of hydrogen-bond acceptors (Lipinski definition) is 4.